The third kappa shape index (κ3) is 3.39. The lowest BCUT2D eigenvalue weighted by atomic mass is 9.91. The van der Waals surface area contributed by atoms with Crippen LogP contribution >= 0.6 is 23.2 Å². The van der Waals surface area contributed by atoms with Gasteiger partial charge in [0.15, 0.2) is 0 Å². The molecule has 1 fully saturated rings. The Kier molecular flexibility index (Phi) is 4.91. The van der Waals surface area contributed by atoms with Gasteiger partial charge in [0.25, 0.3) is 0 Å². The first-order valence-corrected chi connectivity index (χ1v) is 7.29. The van der Waals surface area contributed by atoms with E-state index in [1.165, 1.54) is 0 Å². The fourth-order valence-electron chi connectivity index (χ4n) is 2.58. The molecule has 1 atom stereocenters. The highest BCUT2D eigenvalue weighted by Crippen LogP contribution is 2.30. The molecule has 0 amide bonds. The van der Waals surface area contributed by atoms with Crippen molar-refractivity contribution >= 4 is 23.2 Å². The van der Waals surface area contributed by atoms with Crippen LogP contribution in [0.25, 0.3) is 0 Å². The zero-order valence-corrected chi connectivity index (χ0v) is 12.1. The maximum absolute atomic E-state index is 6.24. The lowest BCUT2D eigenvalue weighted by Crippen LogP contribution is -2.38. The molecular weight excluding hydrogens is 267 g/mol. The summed E-state index contributed by atoms with van der Waals surface area (Å²) in [5.41, 5.74) is 6.99. The highest BCUT2D eigenvalue weighted by Gasteiger charge is 2.21. The second-order valence-electron chi connectivity index (χ2n) is 5.14. The molecular formula is C14H20Cl2N2. The Bertz CT molecular complexity index is 401. The average molecular weight is 287 g/mol. The number of hydrogen-bond acceptors (Lipinski definition) is 2. The number of rotatable bonds is 3. The monoisotopic (exact) mass is 286 g/mol. The van der Waals surface area contributed by atoms with E-state index in [0.29, 0.717) is 22.1 Å². The lowest BCUT2D eigenvalue weighted by molar-refractivity contribution is 0.322. The van der Waals surface area contributed by atoms with E-state index < -0.39 is 0 Å². The van der Waals surface area contributed by atoms with Gasteiger partial charge < -0.3 is 11.1 Å². The van der Waals surface area contributed by atoms with Gasteiger partial charge >= 0.3 is 0 Å². The van der Waals surface area contributed by atoms with Crippen LogP contribution in [-0.4, -0.2) is 12.1 Å². The molecule has 4 heteroatoms. The van der Waals surface area contributed by atoms with Crippen molar-refractivity contribution in [2.24, 2.45) is 5.73 Å². The van der Waals surface area contributed by atoms with Crippen molar-refractivity contribution in [3.63, 3.8) is 0 Å². The minimum Gasteiger partial charge on any atom is -0.328 e. The van der Waals surface area contributed by atoms with Crippen molar-refractivity contribution in [2.45, 2.75) is 50.7 Å². The molecule has 18 heavy (non-hydrogen) atoms. The lowest BCUT2D eigenvalue weighted by Gasteiger charge is -2.30. The van der Waals surface area contributed by atoms with Crippen LogP contribution in [0.1, 0.15) is 44.2 Å². The first kappa shape index (κ1) is 14.1. The Morgan fingerprint density at radius 1 is 1.22 bits per heavy atom. The Balaban J connectivity index is 1.99. The first-order valence-electron chi connectivity index (χ1n) is 6.53. The molecule has 1 aromatic carbocycles. The smallest absolute Gasteiger partial charge is 0.0639 e. The number of halogens is 2. The molecule has 2 rings (SSSR count). The van der Waals surface area contributed by atoms with E-state index in [1.54, 1.807) is 0 Å². The summed E-state index contributed by atoms with van der Waals surface area (Å²) in [4.78, 5) is 0. The van der Waals surface area contributed by atoms with Gasteiger partial charge in [-0.3, -0.25) is 0 Å². The summed E-state index contributed by atoms with van der Waals surface area (Å²) in [5, 5.41) is 4.90. The largest absolute Gasteiger partial charge is 0.328 e. The van der Waals surface area contributed by atoms with Crippen LogP contribution in [0.5, 0.6) is 0 Å². The zero-order chi connectivity index (χ0) is 13.1. The van der Waals surface area contributed by atoms with Gasteiger partial charge in [-0.15, -0.1) is 0 Å². The molecule has 0 bridgehead atoms. The zero-order valence-electron chi connectivity index (χ0n) is 10.6. The van der Waals surface area contributed by atoms with Gasteiger partial charge in [0.1, 0.15) is 0 Å². The van der Waals surface area contributed by atoms with Crippen LogP contribution in [0, 0.1) is 0 Å². The summed E-state index contributed by atoms with van der Waals surface area (Å²) in [5.74, 6) is 0. The van der Waals surface area contributed by atoms with Crippen molar-refractivity contribution < 1.29 is 0 Å². The van der Waals surface area contributed by atoms with E-state index in [4.69, 9.17) is 28.9 Å². The quantitative estimate of drug-likeness (QED) is 0.884. The van der Waals surface area contributed by atoms with Crippen LogP contribution in [0.15, 0.2) is 18.2 Å². The summed E-state index contributed by atoms with van der Waals surface area (Å²) < 4.78 is 0. The fourth-order valence-corrected chi connectivity index (χ4v) is 3.06. The van der Waals surface area contributed by atoms with Crippen molar-refractivity contribution in [1.29, 1.82) is 0 Å². The molecule has 0 heterocycles. The van der Waals surface area contributed by atoms with Gasteiger partial charge in [-0.2, -0.15) is 0 Å². The third-order valence-electron chi connectivity index (χ3n) is 3.71. The fraction of sp³-hybridized carbons (Fsp3) is 0.571. The summed E-state index contributed by atoms with van der Waals surface area (Å²) in [6, 6.07) is 6.93. The minimum absolute atomic E-state index is 0.218. The molecule has 0 saturated heterocycles. The summed E-state index contributed by atoms with van der Waals surface area (Å²) in [6.07, 6.45) is 4.49. The van der Waals surface area contributed by atoms with Crippen LogP contribution in [0.2, 0.25) is 10.0 Å². The standard InChI is InChI=1S/C14H20Cl2N2/c1-9(12-3-2-4-13(15)14(12)16)18-11-7-5-10(17)6-8-11/h2-4,9-11,18H,5-8,17H2,1H3. The predicted octanol–water partition coefficient (Wildman–Crippen LogP) is 3.91. The molecule has 0 spiro atoms. The molecule has 0 aromatic heterocycles. The van der Waals surface area contributed by atoms with E-state index in [2.05, 4.69) is 12.2 Å². The molecule has 1 unspecified atom stereocenters. The van der Waals surface area contributed by atoms with Crippen molar-refractivity contribution in [1.82, 2.24) is 5.32 Å². The second-order valence-corrected chi connectivity index (χ2v) is 5.93. The molecule has 1 aromatic rings. The molecule has 100 valence electrons. The first-order chi connectivity index (χ1) is 8.58. The van der Waals surface area contributed by atoms with Crippen LogP contribution in [0.3, 0.4) is 0 Å². The summed E-state index contributed by atoms with van der Waals surface area (Å²) in [7, 11) is 0. The van der Waals surface area contributed by atoms with Crippen LogP contribution in [0.4, 0.5) is 0 Å². The van der Waals surface area contributed by atoms with Crippen molar-refractivity contribution in [2.75, 3.05) is 0 Å². The van der Waals surface area contributed by atoms with Gasteiger partial charge in [0.05, 0.1) is 10.0 Å². The molecule has 1 saturated carbocycles. The van der Waals surface area contributed by atoms with Crippen LogP contribution < -0.4 is 11.1 Å². The number of hydrogen-bond donors (Lipinski definition) is 2. The van der Waals surface area contributed by atoms with Gasteiger partial charge in [0, 0.05) is 18.1 Å². The van der Waals surface area contributed by atoms with Crippen LogP contribution in [-0.2, 0) is 0 Å². The van der Waals surface area contributed by atoms with E-state index in [1.807, 2.05) is 18.2 Å². The van der Waals surface area contributed by atoms with E-state index in [-0.39, 0.29) is 6.04 Å². The molecule has 1 aliphatic rings. The number of nitrogens with one attached hydrogen (secondary N) is 1. The molecule has 1 aliphatic carbocycles. The summed E-state index contributed by atoms with van der Waals surface area (Å²) >= 11 is 12.3. The Hall–Kier alpha value is -0.280. The Morgan fingerprint density at radius 3 is 2.56 bits per heavy atom. The van der Waals surface area contributed by atoms with Gasteiger partial charge in [-0.25, -0.2) is 0 Å². The van der Waals surface area contributed by atoms with E-state index >= 15 is 0 Å². The number of nitrogens with two attached hydrogens (primary N) is 1. The normalized spacial score (nSPS) is 26.0. The van der Waals surface area contributed by atoms with Gasteiger partial charge in [-0.1, -0.05) is 35.3 Å². The van der Waals surface area contributed by atoms with Crippen molar-refractivity contribution in [3.8, 4) is 0 Å². The maximum atomic E-state index is 6.24. The average Bonchev–Trinajstić information content (AvgIpc) is 2.35. The number of benzene rings is 1. The van der Waals surface area contributed by atoms with Gasteiger partial charge in [-0.05, 0) is 44.2 Å². The predicted molar refractivity (Wildman–Crippen MR) is 78.2 cm³/mol. The van der Waals surface area contributed by atoms with E-state index in [9.17, 15) is 0 Å². The highest BCUT2D eigenvalue weighted by atomic mass is 35.5. The summed E-state index contributed by atoms with van der Waals surface area (Å²) in [6.45, 7) is 2.13. The topological polar surface area (TPSA) is 38.0 Å². The molecule has 2 nitrogen and oxygen atoms in total. The molecule has 0 radical (unpaired) electrons. The van der Waals surface area contributed by atoms with Crippen molar-refractivity contribution in [3.05, 3.63) is 33.8 Å². The Labute approximate surface area is 119 Å². The second kappa shape index (κ2) is 6.25. The molecule has 3 N–H and O–H groups in total. The third-order valence-corrected chi connectivity index (χ3v) is 4.54. The minimum atomic E-state index is 0.218. The maximum Gasteiger partial charge on any atom is 0.0639 e. The highest BCUT2D eigenvalue weighted by molar-refractivity contribution is 6.42. The SMILES string of the molecule is CC(NC1CCC(N)CC1)c1cccc(Cl)c1Cl. The molecule has 0 aliphatic heterocycles. The van der Waals surface area contributed by atoms with E-state index in [0.717, 1.165) is 31.2 Å². The Morgan fingerprint density at radius 2 is 1.89 bits per heavy atom. The van der Waals surface area contributed by atoms with Gasteiger partial charge in [0.2, 0.25) is 0 Å².